The number of anilines is 1. The molecule has 3 aromatic rings. The molecule has 2 heterocycles. The molecule has 9 heteroatoms. The molecule has 150 valence electrons. The number of hydrogen-bond donors (Lipinski definition) is 2. The third-order valence-corrected chi connectivity index (χ3v) is 5.45. The number of benzene rings is 1. The van der Waals surface area contributed by atoms with Gasteiger partial charge in [-0.3, -0.25) is 9.59 Å². The molecule has 2 amide bonds. The molecule has 0 saturated heterocycles. The van der Waals surface area contributed by atoms with E-state index in [1.165, 1.54) is 28.9 Å². The van der Waals surface area contributed by atoms with E-state index >= 15 is 0 Å². The highest BCUT2D eigenvalue weighted by Gasteiger charge is 2.28. The summed E-state index contributed by atoms with van der Waals surface area (Å²) in [5.74, 6) is -1.01. The number of imidazole rings is 1. The van der Waals surface area contributed by atoms with E-state index in [9.17, 15) is 14.0 Å². The van der Waals surface area contributed by atoms with Crippen molar-refractivity contribution >= 4 is 34.7 Å². The van der Waals surface area contributed by atoms with Gasteiger partial charge in [-0.05, 0) is 56.0 Å². The number of halogens is 2. The van der Waals surface area contributed by atoms with Gasteiger partial charge in [-0.15, -0.1) is 0 Å². The van der Waals surface area contributed by atoms with Crippen LogP contribution in [-0.2, 0) is 4.79 Å². The molecule has 1 aliphatic rings. The predicted molar refractivity (Wildman–Crippen MR) is 106 cm³/mol. The van der Waals surface area contributed by atoms with E-state index in [0.29, 0.717) is 42.7 Å². The molecule has 29 heavy (non-hydrogen) atoms. The molecule has 2 N–H and O–H groups in total. The third kappa shape index (κ3) is 4.22. The van der Waals surface area contributed by atoms with Crippen molar-refractivity contribution in [1.82, 2.24) is 19.9 Å². The van der Waals surface area contributed by atoms with Gasteiger partial charge in [0.05, 0.1) is 16.9 Å². The van der Waals surface area contributed by atoms with Crippen LogP contribution >= 0.6 is 11.6 Å². The molecular formula is C20H19ClFN5O2. The second-order valence-electron chi connectivity index (χ2n) is 7.07. The van der Waals surface area contributed by atoms with Crippen LogP contribution in [0.2, 0.25) is 5.02 Å². The van der Waals surface area contributed by atoms with E-state index in [-0.39, 0.29) is 28.8 Å². The molecule has 7 nitrogen and oxygen atoms in total. The van der Waals surface area contributed by atoms with E-state index in [4.69, 9.17) is 11.6 Å². The number of aromatic nitrogens is 3. The third-order valence-electron chi connectivity index (χ3n) is 5.13. The standard InChI is InChI=1S/C20H19ClFN5O2/c21-15-10-13(22)5-8-16(15)26-19(28)12-3-6-14(7-4-12)25-20(29)17-11-23-18-2-1-9-24-27(17)18/h1-2,5,8-12,14H,3-4,6-7H2,(H,25,29)(H,26,28)/t12-,14-. The fraction of sp³-hybridized carbons (Fsp3) is 0.300. The quantitative estimate of drug-likeness (QED) is 0.683. The summed E-state index contributed by atoms with van der Waals surface area (Å²) in [6.45, 7) is 0. The minimum Gasteiger partial charge on any atom is -0.348 e. The van der Waals surface area contributed by atoms with Crippen molar-refractivity contribution < 1.29 is 14.0 Å². The molecule has 0 spiro atoms. The minimum absolute atomic E-state index is 0.0183. The van der Waals surface area contributed by atoms with Crippen LogP contribution in [-0.4, -0.2) is 32.5 Å². The molecule has 0 bridgehead atoms. The fourth-order valence-electron chi connectivity index (χ4n) is 3.57. The Morgan fingerprint density at radius 2 is 1.97 bits per heavy atom. The van der Waals surface area contributed by atoms with E-state index in [2.05, 4.69) is 20.7 Å². The van der Waals surface area contributed by atoms with Gasteiger partial charge in [0.2, 0.25) is 5.91 Å². The predicted octanol–water partition coefficient (Wildman–Crippen LogP) is 3.45. The summed E-state index contributed by atoms with van der Waals surface area (Å²) in [5.41, 5.74) is 1.39. The fourth-order valence-corrected chi connectivity index (χ4v) is 3.78. The maximum Gasteiger partial charge on any atom is 0.271 e. The van der Waals surface area contributed by atoms with Crippen LogP contribution in [0.5, 0.6) is 0 Å². The maximum absolute atomic E-state index is 13.1. The lowest BCUT2D eigenvalue weighted by atomic mass is 9.85. The van der Waals surface area contributed by atoms with Gasteiger partial charge in [0, 0.05) is 18.2 Å². The molecular weight excluding hydrogens is 397 g/mol. The molecule has 0 radical (unpaired) electrons. The SMILES string of the molecule is O=C(N[C@H]1CC[C@H](C(=O)Nc2ccc(F)cc2Cl)CC1)c1cnc2cccnn12. The van der Waals surface area contributed by atoms with Crippen LogP contribution in [0.3, 0.4) is 0 Å². The lowest BCUT2D eigenvalue weighted by Crippen LogP contribution is -2.40. The van der Waals surface area contributed by atoms with E-state index in [0.717, 1.165) is 0 Å². The zero-order valence-corrected chi connectivity index (χ0v) is 16.2. The summed E-state index contributed by atoms with van der Waals surface area (Å²) >= 11 is 5.97. The zero-order valence-electron chi connectivity index (χ0n) is 15.4. The number of fused-ring (bicyclic) bond motifs is 1. The van der Waals surface area contributed by atoms with E-state index in [1.54, 1.807) is 18.3 Å². The van der Waals surface area contributed by atoms with Crippen molar-refractivity contribution in [2.45, 2.75) is 31.7 Å². The average Bonchev–Trinajstić information content (AvgIpc) is 3.15. The molecule has 1 saturated carbocycles. The van der Waals surface area contributed by atoms with Gasteiger partial charge in [0.15, 0.2) is 5.65 Å². The van der Waals surface area contributed by atoms with Gasteiger partial charge in [0.1, 0.15) is 11.5 Å². The van der Waals surface area contributed by atoms with Crippen molar-refractivity contribution in [3.63, 3.8) is 0 Å². The highest BCUT2D eigenvalue weighted by Crippen LogP contribution is 2.28. The van der Waals surface area contributed by atoms with E-state index in [1.807, 2.05) is 0 Å². The molecule has 4 rings (SSSR count). The largest absolute Gasteiger partial charge is 0.348 e. The van der Waals surface area contributed by atoms with Crippen LogP contribution < -0.4 is 10.6 Å². The number of amides is 2. The Labute approximate surface area is 171 Å². The lowest BCUT2D eigenvalue weighted by molar-refractivity contribution is -0.120. The first kappa shape index (κ1) is 19.3. The van der Waals surface area contributed by atoms with Crippen molar-refractivity contribution in [3.8, 4) is 0 Å². The summed E-state index contributed by atoms with van der Waals surface area (Å²) < 4.78 is 14.6. The molecule has 2 aromatic heterocycles. The number of nitrogens with zero attached hydrogens (tertiary/aromatic N) is 3. The molecule has 1 aromatic carbocycles. The van der Waals surface area contributed by atoms with Crippen molar-refractivity contribution in [1.29, 1.82) is 0 Å². The Kier molecular flexibility index (Phi) is 5.44. The zero-order chi connectivity index (χ0) is 20.4. The first-order valence-electron chi connectivity index (χ1n) is 9.37. The minimum atomic E-state index is -0.453. The van der Waals surface area contributed by atoms with Crippen LogP contribution in [0.25, 0.3) is 5.65 Å². The molecule has 1 aliphatic carbocycles. The Morgan fingerprint density at radius 3 is 2.72 bits per heavy atom. The van der Waals surface area contributed by atoms with Gasteiger partial charge in [-0.1, -0.05) is 11.6 Å². The van der Waals surface area contributed by atoms with Gasteiger partial charge >= 0.3 is 0 Å². The first-order chi connectivity index (χ1) is 14.0. The Morgan fingerprint density at radius 1 is 1.17 bits per heavy atom. The summed E-state index contributed by atoms with van der Waals surface area (Å²) in [5, 5.41) is 10.1. The highest BCUT2D eigenvalue weighted by atomic mass is 35.5. The summed E-state index contributed by atoms with van der Waals surface area (Å²) in [7, 11) is 0. The number of nitrogens with one attached hydrogen (secondary N) is 2. The van der Waals surface area contributed by atoms with Crippen LogP contribution in [0.4, 0.5) is 10.1 Å². The molecule has 0 atom stereocenters. The van der Waals surface area contributed by atoms with Crippen LogP contribution in [0.1, 0.15) is 36.2 Å². The highest BCUT2D eigenvalue weighted by molar-refractivity contribution is 6.33. The normalized spacial score (nSPS) is 19.1. The summed E-state index contributed by atoms with van der Waals surface area (Å²) in [6, 6.07) is 7.39. The second-order valence-corrected chi connectivity index (χ2v) is 7.48. The number of hydrogen-bond acceptors (Lipinski definition) is 4. The van der Waals surface area contributed by atoms with Gasteiger partial charge in [-0.2, -0.15) is 5.10 Å². The van der Waals surface area contributed by atoms with Crippen LogP contribution in [0.15, 0.2) is 42.7 Å². The number of carbonyl (C=O) groups is 2. The summed E-state index contributed by atoms with van der Waals surface area (Å²) in [6.07, 6.45) is 5.75. The Bertz CT molecular complexity index is 1060. The lowest BCUT2D eigenvalue weighted by Gasteiger charge is -2.28. The van der Waals surface area contributed by atoms with Gasteiger partial charge in [-0.25, -0.2) is 13.9 Å². The smallest absolute Gasteiger partial charge is 0.271 e. The number of rotatable bonds is 4. The van der Waals surface area contributed by atoms with Crippen LogP contribution in [0, 0.1) is 11.7 Å². The average molecular weight is 416 g/mol. The van der Waals surface area contributed by atoms with Crippen molar-refractivity contribution in [3.05, 3.63) is 59.3 Å². The summed E-state index contributed by atoms with van der Waals surface area (Å²) in [4.78, 5) is 29.2. The Hall–Kier alpha value is -3.00. The molecule has 0 aliphatic heterocycles. The monoisotopic (exact) mass is 415 g/mol. The van der Waals surface area contributed by atoms with Crippen molar-refractivity contribution in [2.75, 3.05) is 5.32 Å². The first-order valence-corrected chi connectivity index (χ1v) is 9.74. The van der Waals surface area contributed by atoms with E-state index < -0.39 is 5.82 Å². The van der Waals surface area contributed by atoms with Crippen molar-refractivity contribution in [2.24, 2.45) is 5.92 Å². The molecule has 1 fully saturated rings. The molecule has 0 unspecified atom stereocenters. The second kappa shape index (κ2) is 8.16. The Balaban J connectivity index is 1.32. The maximum atomic E-state index is 13.1. The van der Waals surface area contributed by atoms with Gasteiger partial charge in [0.25, 0.3) is 5.91 Å². The number of carbonyl (C=O) groups excluding carboxylic acids is 2. The van der Waals surface area contributed by atoms with Gasteiger partial charge < -0.3 is 10.6 Å². The topological polar surface area (TPSA) is 88.4 Å².